The Bertz CT molecular complexity index is 451. The quantitative estimate of drug-likeness (QED) is 0.803. The standard InChI is InChI=1S/C13H18N2O3/c1-9(2)13(5-3-10-4-6-14-15-10)8-11(16)7-12(17)18-13/h4,6-7,9,16H,3,5,8H2,1-2H3,(H,14,15). The second kappa shape index (κ2) is 4.84. The summed E-state index contributed by atoms with van der Waals surface area (Å²) < 4.78 is 5.49. The fraction of sp³-hybridized carbons (Fsp3) is 0.538. The van der Waals surface area contributed by atoms with Gasteiger partial charge < -0.3 is 9.84 Å². The molecule has 5 heteroatoms. The van der Waals surface area contributed by atoms with Crippen LogP contribution in [0.4, 0.5) is 0 Å². The fourth-order valence-electron chi connectivity index (χ4n) is 2.28. The topological polar surface area (TPSA) is 75.2 Å². The first kappa shape index (κ1) is 12.7. The van der Waals surface area contributed by atoms with Crippen molar-refractivity contribution in [1.82, 2.24) is 10.2 Å². The van der Waals surface area contributed by atoms with Gasteiger partial charge in [-0.1, -0.05) is 13.8 Å². The van der Waals surface area contributed by atoms with Crippen LogP contribution in [0.3, 0.4) is 0 Å². The molecule has 2 rings (SSSR count). The Balaban J connectivity index is 2.12. The van der Waals surface area contributed by atoms with Crippen molar-refractivity contribution >= 4 is 5.97 Å². The Kier molecular flexibility index (Phi) is 3.41. The molecule has 0 aliphatic carbocycles. The van der Waals surface area contributed by atoms with Crippen molar-refractivity contribution in [2.45, 2.75) is 38.7 Å². The lowest BCUT2D eigenvalue weighted by molar-refractivity contribution is -0.163. The molecule has 0 saturated heterocycles. The third kappa shape index (κ3) is 2.55. The monoisotopic (exact) mass is 250 g/mol. The van der Waals surface area contributed by atoms with Crippen LogP contribution in [0.2, 0.25) is 0 Å². The molecule has 1 aromatic heterocycles. The second-order valence-electron chi connectivity index (χ2n) is 5.03. The van der Waals surface area contributed by atoms with Gasteiger partial charge in [-0.3, -0.25) is 5.10 Å². The van der Waals surface area contributed by atoms with Crippen LogP contribution in [-0.2, 0) is 16.0 Å². The van der Waals surface area contributed by atoms with Crippen molar-refractivity contribution in [2.24, 2.45) is 5.92 Å². The number of aryl methyl sites for hydroxylation is 1. The van der Waals surface area contributed by atoms with E-state index in [1.165, 1.54) is 0 Å². The largest absolute Gasteiger partial charge is 0.512 e. The molecular formula is C13H18N2O3. The summed E-state index contributed by atoms with van der Waals surface area (Å²) in [5.74, 6) is -0.221. The van der Waals surface area contributed by atoms with Crippen molar-refractivity contribution in [1.29, 1.82) is 0 Å². The van der Waals surface area contributed by atoms with Crippen molar-refractivity contribution in [3.8, 4) is 0 Å². The molecule has 2 N–H and O–H groups in total. The number of nitrogens with one attached hydrogen (secondary N) is 1. The smallest absolute Gasteiger partial charge is 0.334 e. The zero-order chi connectivity index (χ0) is 13.2. The summed E-state index contributed by atoms with van der Waals surface area (Å²) in [5, 5.41) is 16.4. The van der Waals surface area contributed by atoms with Crippen LogP contribution in [0, 0.1) is 5.92 Å². The molecule has 0 radical (unpaired) electrons. The summed E-state index contributed by atoms with van der Waals surface area (Å²) in [6.07, 6.45) is 4.62. The number of esters is 1. The van der Waals surface area contributed by atoms with E-state index in [4.69, 9.17) is 4.74 Å². The Morgan fingerprint density at radius 3 is 2.94 bits per heavy atom. The van der Waals surface area contributed by atoms with Crippen LogP contribution in [0.5, 0.6) is 0 Å². The van der Waals surface area contributed by atoms with Gasteiger partial charge in [0.15, 0.2) is 0 Å². The first-order valence-electron chi connectivity index (χ1n) is 6.12. The summed E-state index contributed by atoms with van der Waals surface area (Å²) >= 11 is 0. The minimum Gasteiger partial charge on any atom is -0.512 e. The SMILES string of the molecule is CC(C)C1(CCc2ccn[nH]2)CC(O)=CC(=O)O1. The number of rotatable bonds is 4. The highest BCUT2D eigenvalue weighted by Gasteiger charge is 2.41. The summed E-state index contributed by atoms with van der Waals surface area (Å²) in [6, 6.07) is 1.90. The molecule has 0 fully saturated rings. The first-order chi connectivity index (χ1) is 8.52. The lowest BCUT2D eigenvalue weighted by Crippen LogP contribution is -2.43. The maximum atomic E-state index is 11.5. The molecule has 1 aliphatic rings. The van der Waals surface area contributed by atoms with Gasteiger partial charge in [0.1, 0.15) is 11.4 Å². The van der Waals surface area contributed by atoms with Gasteiger partial charge in [0.25, 0.3) is 0 Å². The van der Waals surface area contributed by atoms with Crippen LogP contribution >= 0.6 is 0 Å². The first-order valence-corrected chi connectivity index (χ1v) is 6.12. The van der Waals surface area contributed by atoms with Gasteiger partial charge >= 0.3 is 5.97 Å². The summed E-state index contributed by atoms with van der Waals surface area (Å²) in [4.78, 5) is 11.5. The van der Waals surface area contributed by atoms with Gasteiger partial charge in [0.2, 0.25) is 0 Å². The molecule has 98 valence electrons. The number of nitrogens with zero attached hydrogens (tertiary/aromatic N) is 1. The molecule has 0 amide bonds. The number of hydrogen-bond acceptors (Lipinski definition) is 4. The molecule has 1 aliphatic heterocycles. The average Bonchev–Trinajstić information content (AvgIpc) is 2.77. The number of aromatic amines is 1. The van der Waals surface area contributed by atoms with Crippen LogP contribution in [0.1, 0.15) is 32.4 Å². The number of aromatic nitrogens is 2. The van der Waals surface area contributed by atoms with Gasteiger partial charge in [-0.2, -0.15) is 5.10 Å². The molecule has 5 nitrogen and oxygen atoms in total. The number of aliphatic hydroxyl groups excluding tert-OH is 1. The molecule has 0 saturated carbocycles. The molecule has 1 atom stereocenters. The van der Waals surface area contributed by atoms with Crippen molar-refractivity contribution < 1.29 is 14.6 Å². The van der Waals surface area contributed by atoms with E-state index >= 15 is 0 Å². The number of cyclic esters (lactones) is 1. The van der Waals surface area contributed by atoms with Gasteiger partial charge in [0, 0.05) is 18.3 Å². The second-order valence-corrected chi connectivity index (χ2v) is 5.03. The molecule has 0 bridgehead atoms. The summed E-state index contributed by atoms with van der Waals surface area (Å²) in [6.45, 7) is 4.00. The number of carbonyl (C=O) groups is 1. The number of ether oxygens (including phenoxy) is 1. The van der Waals surface area contributed by atoms with Crippen molar-refractivity contribution in [3.05, 3.63) is 29.8 Å². The van der Waals surface area contributed by atoms with Crippen LogP contribution < -0.4 is 0 Å². The lowest BCUT2D eigenvalue weighted by atomic mass is 9.80. The van der Waals surface area contributed by atoms with Gasteiger partial charge in [-0.05, 0) is 24.8 Å². The number of aliphatic hydroxyl groups is 1. The normalized spacial score (nSPS) is 23.9. The predicted molar refractivity (Wildman–Crippen MR) is 65.9 cm³/mol. The Morgan fingerprint density at radius 2 is 2.39 bits per heavy atom. The zero-order valence-corrected chi connectivity index (χ0v) is 10.6. The average molecular weight is 250 g/mol. The van der Waals surface area contributed by atoms with E-state index in [0.29, 0.717) is 12.8 Å². The van der Waals surface area contributed by atoms with Crippen molar-refractivity contribution in [3.63, 3.8) is 0 Å². The lowest BCUT2D eigenvalue weighted by Gasteiger charge is -2.38. The zero-order valence-electron chi connectivity index (χ0n) is 10.6. The Morgan fingerprint density at radius 1 is 1.61 bits per heavy atom. The summed E-state index contributed by atoms with van der Waals surface area (Å²) in [5.41, 5.74) is 0.376. The minimum atomic E-state index is -0.624. The van der Waals surface area contributed by atoms with Gasteiger partial charge in [-0.15, -0.1) is 0 Å². The van der Waals surface area contributed by atoms with Crippen LogP contribution in [0.15, 0.2) is 24.1 Å². The van der Waals surface area contributed by atoms with E-state index in [2.05, 4.69) is 10.2 Å². The predicted octanol–water partition coefficient (Wildman–Crippen LogP) is 2.13. The third-order valence-electron chi connectivity index (χ3n) is 3.50. The highest BCUT2D eigenvalue weighted by molar-refractivity contribution is 5.83. The van der Waals surface area contributed by atoms with Crippen molar-refractivity contribution in [2.75, 3.05) is 0 Å². The van der Waals surface area contributed by atoms with E-state index in [1.54, 1.807) is 6.20 Å². The number of hydrogen-bond donors (Lipinski definition) is 2. The van der Waals surface area contributed by atoms with Gasteiger partial charge in [0.05, 0.1) is 6.08 Å². The highest BCUT2D eigenvalue weighted by Crippen LogP contribution is 2.36. The molecule has 1 aromatic rings. The van der Waals surface area contributed by atoms with E-state index in [0.717, 1.165) is 18.2 Å². The highest BCUT2D eigenvalue weighted by atomic mass is 16.6. The number of H-pyrrole nitrogens is 1. The van der Waals surface area contributed by atoms with E-state index < -0.39 is 11.6 Å². The van der Waals surface area contributed by atoms with Crippen LogP contribution in [0.25, 0.3) is 0 Å². The van der Waals surface area contributed by atoms with Gasteiger partial charge in [-0.25, -0.2) is 4.79 Å². The summed E-state index contributed by atoms with van der Waals surface area (Å²) in [7, 11) is 0. The molecular weight excluding hydrogens is 232 g/mol. The maximum absolute atomic E-state index is 11.5. The van der Waals surface area contributed by atoms with E-state index in [-0.39, 0.29) is 11.7 Å². The Labute approximate surface area is 106 Å². The number of carbonyl (C=O) groups excluding carboxylic acids is 1. The van der Waals surface area contributed by atoms with E-state index in [1.807, 2.05) is 19.9 Å². The minimum absolute atomic E-state index is 0.101. The molecule has 2 heterocycles. The maximum Gasteiger partial charge on any atom is 0.334 e. The third-order valence-corrected chi connectivity index (χ3v) is 3.50. The molecule has 0 aromatic carbocycles. The van der Waals surface area contributed by atoms with Crippen LogP contribution in [-0.4, -0.2) is 26.9 Å². The molecule has 0 spiro atoms. The molecule has 18 heavy (non-hydrogen) atoms. The Hall–Kier alpha value is -1.78. The molecule has 1 unspecified atom stereocenters. The fourth-order valence-corrected chi connectivity index (χ4v) is 2.28. The van der Waals surface area contributed by atoms with E-state index in [9.17, 15) is 9.90 Å².